The first-order valence-corrected chi connectivity index (χ1v) is 6.98. The Hall–Kier alpha value is -1.69. The van der Waals surface area contributed by atoms with Crippen molar-refractivity contribution in [3.8, 4) is 0 Å². The molecule has 0 aliphatic rings. The second-order valence-electron chi connectivity index (χ2n) is 4.99. The lowest BCUT2D eigenvalue weighted by Gasteiger charge is -2.15. The summed E-state index contributed by atoms with van der Waals surface area (Å²) in [5.74, 6) is 0.0933. The first-order chi connectivity index (χ1) is 9.58. The van der Waals surface area contributed by atoms with Gasteiger partial charge in [-0.2, -0.15) is 0 Å². The number of nitrogens with one attached hydrogen (secondary N) is 1. The van der Waals surface area contributed by atoms with Crippen LogP contribution in [0.4, 0.5) is 0 Å². The van der Waals surface area contributed by atoms with Gasteiger partial charge in [0.1, 0.15) is 0 Å². The molecule has 1 atom stereocenters. The number of carbonyl (C=O) groups is 1. The number of aromatic nitrogens is 3. The van der Waals surface area contributed by atoms with Crippen LogP contribution in [0.1, 0.15) is 43.7 Å². The Balaban J connectivity index is 2.82. The van der Waals surface area contributed by atoms with Crippen molar-refractivity contribution in [2.75, 3.05) is 20.2 Å². The zero-order chi connectivity index (χ0) is 15.0. The van der Waals surface area contributed by atoms with Crippen LogP contribution in [0.25, 0.3) is 0 Å². The Labute approximate surface area is 120 Å². The summed E-state index contributed by atoms with van der Waals surface area (Å²) in [7, 11) is 1.90. The lowest BCUT2D eigenvalue weighted by Crippen LogP contribution is -2.12. The van der Waals surface area contributed by atoms with Gasteiger partial charge in [-0.25, -0.2) is 9.48 Å². The highest BCUT2D eigenvalue weighted by Gasteiger charge is 2.16. The van der Waals surface area contributed by atoms with Crippen LogP contribution in [0.15, 0.2) is 18.3 Å². The molecule has 0 radical (unpaired) electrons. The molecule has 0 fully saturated rings. The largest absolute Gasteiger partial charge is 0.461 e. The standard InChI is InChI=1S/C14H24N4O2/c1-5-20-14(19)13-10-18(17-16-13)12(9-11(2)3)7-6-8-15-4/h6-7,10-12,15H,5,8-9H2,1-4H3. The number of nitrogens with zero attached hydrogens (tertiary/aromatic N) is 3. The van der Waals surface area contributed by atoms with E-state index in [4.69, 9.17) is 4.74 Å². The number of rotatable bonds is 8. The van der Waals surface area contributed by atoms with Crippen LogP contribution in [0.5, 0.6) is 0 Å². The van der Waals surface area contributed by atoms with E-state index in [9.17, 15) is 4.79 Å². The van der Waals surface area contributed by atoms with Crippen molar-refractivity contribution in [2.45, 2.75) is 33.2 Å². The highest BCUT2D eigenvalue weighted by molar-refractivity contribution is 5.86. The van der Waals surface area contributed by atoms with Crippen LogP contribution >= 0.6 is 0 Å². The maximum atomic E-state index is 11.6. The average molecular weight is 280 g/mol. The molecule has 1 N–H and O–H groups in total. The number of esters is 1. The van der Waals surface area contributed by atoms with Crippen LogP contribution in [-0.2, 0) is 4.74 Å². The third kappa shape index (κ3) is 5.13. The Morgan fingerprint density at radius 1 is 1.55 bits per heavy atom. The number of hydrogen-bond acceptors (Lipinski definition) is 5. The molecule has 0 spiro atoms. The minimum atomic E-state index is -0.429. The fourth-order valence-corrected chi connectivity index (χ4v) is 1.84. The van der Waals surface area contributed by atoms with Gasteiger partial charge in [-0.1, -0.05) is 31.2 Å². The van der Waals surface area contributed by atoms with Gasteiger partial charge < -0.3 is 10.1 Å². The molecule has 1 unspecified atom stereocenters. The fourth-order valence-electron chi connectivity index (χ4n) is 1.84. The molecule has 0 bridgehead atoms. The zero-order valence-electron chi connectivity index (χ0n) is 12.7. The van der Waals surface area contributed by atoms with Gasteiger partial charge in [0.15, 0.2) is 5.69 Å². The summed E-state index contributed by atoms with van der Waals surface area (Å²) >= 11 is 0. The van der Waals surface area contributed by atoms with Crippen molar-refractivity contribution < 1.29 is 9.53 Å². The van der Waals surface area contributed by atoms with E-state index in [0.717, 1.165) is 13.0 Å². The van der Waals surface area contributed by atoms with Crippen molar-refractivity contribution in [3.63, 3.8) is 0 Å². The Morgan fingerprint density at radius 2 is 2.30 bits per heavy atom. The molecule has 0 amide bonds. The van der Waals surface area contributed by atoms with Crippen molar-refractivity contribution in [2.24, 2.45) is 5.92 Å². The lowest BCUT2D eigenvalue weighted by atomic mass is 10.0. The van der Waals surface area contributed by atoms with Crippen molar-refractivity contribution in [1.82, 2.24) is 20.3 Å². The van der Waals surface area contributed by atoms with Crippen LogP contribution in [-0.4, -0.2) is 41.2 Å². The molecule has 1 aromatic rings. The SMILES string of the molecule is CCOC(=O)c1cn(C(C=CCNC)CC(C)C)nn1. The van der Waals surface area contributed by atoms with E-state index in [0.29, 0.717) is 12.5 Å². The van der Waals surface area contributed by atoms with E-state index in [1.165, 1.54) is 0 Å². The van der Waals surface area contributed by atoms with Gasteiger partial charge in [-0.05, 0) is 26.3 Å². The molecule has 0 saturated carbocycles. The summed E-state index contributed by atoms with van der Waals surface area (Å²) in [5.41, 5.74) is 0.252. The van der Waals surface area contributed by atoms with Crippen LogP contribution < -0.4 is 5.32 Å². The van der Waals surface area contributed by atoms with E-state index in [-0.39, 0.29) is 11.7 Å². The molecule has 0 aliphatic carbocycles. The molecule has 0 aliphatic heterocycles. The fraction of sp³-hybridized carbons (Fsp3) is 0.643. The van der Waals surface area contributed by atoms with Gasteiger partial charge in [-0.3, -0.25) is 0 Å². The Kier molecular flexibility index (Phi) is 6.93. The van der Waals surface area contributed by atoms with E-state index in [1.807, 2.05) is 7.05 Å². The molecule has 112 valence electrons. The van der Waals surface area contributed by atoms with Crippen LogP contribution in [0.2, 0.25) is 0 Å². The summed E-state index contributed by atoms with van der Waals surface area (Å²) in [4.78, 5) is 11.6. The highest BCUT2D eigenvalue weighted by Crippen LogP contribution is 2.18. The Morgan fingerprint density at radius 3 is 2.90 bits per heavy atom. The van der Waals surface area contributed by atoms with E-state index < -0.39 is 5.97 Å². The zero-order valence-corrected chi connectivity index (χ0v) is 12.7. The molecule has 0 aromatic carbocycles. The van der Waals surface area contributed by atoms with Crippen LogP contribution in [0.3, 0.4) is 0 Å². The van der Waals surface area contributed by atoms with E-state index in [2.05, 4.69) is 41.6 Å². The summed E-state index contributed by atoms with van der Waals surface area (Å²) < 4.78 is 6.64. The first kappa shape index (κ1) is 16.4. The molecule has 1 aromatic heterocycles. The molecule has 1 heterocycles. The van der Waals surface area contributed by atoms with Crippen molar-refractivity contribution in [1.29, 1.82) is 0 Å². The monoisotopic (exact) mass is 280 g/mol. The normalized spacial score (nSPS) is 13.1. The number of allylic oxidation sites excluding steroid dienone is 1. The molecular formula is C14H24N4O2. The van der Waals surface area contributed by atoms with E-state index >= 15 is 0 Å². The third-order valence-electron chi connectivity index (χ3n) is 2.73. The summed E-state index contributed by atoms with van der Waals surface area (Å²) in [6, 6.07) is 0.0963. The maximum absolute atomic E-state index is 11.6. The maximum Gasteiger partial charge on any atom is 0.360 e. The number of ether oxygens (including phenoxy) is 1. The van der Waals surface area contributed by atoms with Gasteiger partial charge in [0.25, 0.3) is 0 Å². The minimum Gasteiger partial charge on any atom is -0.461 e. The van der Waals surface area contributed by atoms with Crippen LogP contribution in [0, 0.1) is 5.92 Å². The predicted octanol–water partition coefficient (Wildman–Crippen LogP) is 1.82. The molecule has 6 nitrogen and oxygen atoms in total. The predicted molar refractivity (Wildman–Crippen MR) is 77.5 cm³/mol. The molecule has 20 heavy (non-hydrogen) atoms. The van der Waals surface area contributed by atoms with Gasteiger partial charge in [0.2, 0.25) is 0 Å². The molecule has 6 heteroatoms. The van der Waals surface area contributed by atoms with Gasteiger partial charge >= 0.3 is 5.97 Å². The van der Waals surface area contributed by atoms with Gasteiger partial charge in [0.05, 0.1) is 18.8 Å². The smallest absolute Gasteiger partial charge is 0.360 e. The van der Waals surface area contributed by atoms with E-state index in [1.54, 1.807) is 17.8 Å². The Bertz CT molecular complexity index is 440. The molecule has 1 rings (SSSR count). The summed E-state index contributed by atoms with van der Waals surface area (Å²) in [6.45, 7) is 7.21. The topological polar surface area (TPSA) is 69.0 Å². The third-order valence-corrected chi connectivity index (χ3v) is 2.73. The highest BCUT2D eigenvalue weighted by atomic mass is 16.5. The summed E-state index contributed by atoms with van der Waals surface area (Å²) in [6.07, 6.45) is 6.72. The van der Waals surface area contributed by atoms with Gasteiger partial charge in [-0.15, -0.1) is 5.10 Å². The number of carbonyl (C=O) groups excluding carboxylic acids is 1. The molecular weight excluding hydrogens is 256 g/mol. The first-order valence-electron chi connectivity index (χ1n) is 6.98. The van der Waals surface area contributed by atoms with Gasteiger partial charge in [0, 0.05) is 6.54 Å². The second kappa shape index (κ2) is 8.47. The quantitative estimate of drug-likeness (QED) is 0.581. The van der Waals surface area contributed by atoms with Crippen molar-refractivity contribution >= 4 is 5.97 Å². The summed E-state index contributed by atoms with van der Waals surface area (Å²) in [5, 5.41) is 11.0. The molecule has 0 saturated heterocycles. The lowest BCUT2D eigenvalue weighted by molar-refractivity contribution is 0.0519. The number of hydrogen-bond donors (Lipinski definition) is 1. The van der Waals surface area contributed by atoms with Crippen molar-refractivity contribution in [3.05, 3.63) is 24.0 Å². The second-order valence-corrected chi connectivity index (χ2v) is 4.99. The minimum absolute atomic E-state index is 0.0963. The average Bonchev–Trinajstić information content (AvgIpc) is 2.87. The number of likely N-dealkylation sites (N-methyl/N-ethyl adjacent to an activating group) is 1.